The summed E-state index contributed by atoms with van der Waals surface area (Å²) in [4.78, 5) is 21.9. The van der Waals surface area contributed by atoms with Crippen LogP contribution in [0.3, 0.4) is 0 Å². The maximum Gasteiger partial charge on any atom is 0.387 e. The fourth-order valence-corrected chi connectivity index (χ4v) is 4.11. The maximum absolute atomic E-state index is 12.9. The van der Waals surface area contributed by atoms with Crippen LogP contribution < -0.4 is 10.3 Å². The molecule has 0 N–H and O–H groups in total. The van der Waals surface area contributed by atoms with Gasteiger partial charge in [-0.15, -0.1) is 0 Å². The van der Waals surface area contributed by atoms with Crippen molar-refractivity contribution < 1.29 is 13.5 Å². The number of aryl methyl sites for hydroxylation is 1. The summed E-state index contributed by atoms with van der Waals surface area (Å²) in [5.41, 5.74) is 2.63. The highest BCUT2D eigenvalue weighted by atomic mass is 35.5. The average Bonchev–Trinajstić information content (AvgIpc) is 3.50. The second-order valence-electron chi connectivity index (χ2n) is 7.24. The van der Waals surface area contributed by atoms with E-state index in [1.165, 1.54) is 12.1 Å². The number of fused-ring (bicyclic) bond motifs is 1. The minimum absolute atomic E-state index is 0.0204. The van der Waals surface area contributed by atoms with Crippen LogP contribution in [0.25, 0.3) is 22.3 Å². The number of aromatic nitrogens is 3. The summed E-state index contributed by atoms with van der Waals surface area (Å²) in [6.07, 6.45) is 4.65. The number of hydrogen-bond acceptors (Lipinski definition) is 4. The highest BCUT2D eigenvalue weighted by Crippen LogP contribution is 2.42. The first-order valence-corrected chi connectivity index (χ1v) is 9.91. The van der Waals surface area contributed by atoms with E-state index in [1.54, 1.807) is 29.8 Å². The molecule has 0 amide bonds. The highest BCUT2D eigenvalue weighted by molar-refractivity contribution is 6.33. The number of halogens is 3. The summed E-state index contributed by atoms with van der Waals surface area (Å²) in [7, 11) is 0. The van der Waals surface area contributed by atoms with Crippen molar-refractivity contribution in [2.24, 2.45) is 5.92 Å². The monoisotopic (exact) mass is 419 g/mol. The molecular formula is C21H20ClF2N3O2. The fourth-order valence-electron chi connectivity index (χ4n) is 3.84. The molecule has 29 heavy (non-hydrogen) atoms. The summed E-state index contributed by atoms with van der Waals surface area (Å²) in [5.74, 6) is 0.454. The quantitative estimate of drug-likeness (QED) is 0.538. The van der Waals surface area contributed by atoms with Gasteiger partial charge in [0.1, 0.15) is 17.0 Å². The first kappa shape index (κ1) is 19.8. The van der Waals surface area contributed by atoms with Crippen molar-refractivity contribution in [3.8, 4) is 16.9 Å². The third-order valence-corrected chi connectivity index (χ3v) is 5.63. The standard InChI is InChI=1S/C21H20ClF2N3O2/c1-3-17(12-4-5-12)27-19-18(26-11(2)20(27)28)15(8-9-25-19)14-7-6-13(10-16(14)22)29-21(23)24/h6-10,12,17,21H,3-5H2,1-2H3/t17-/m1/s1. The van der Waals surface area contributed by atoms with Gasteiger partial charge in [-0.05, 0) is 56.4 Å². The van der Waals surface area contributed by atoms with Gasteiger partial charge in [-0.3, -0.25) is 9.36 Å². The molecule has 152 valence electrons. The SMILES string of the molecule is CC[C@H](C1CC1)n1c(=O)c(C)nc2c(-c3ccc(OC(F)F)cc3Cl)ccnc21. The van der Waals surface area contributed by atoms with Crippen LogP contribution in [0.1, 0.15) is 37.9 Å². The van der Waals surface area contributed by atoms with E-state index in [9.17, 15) is 13.6 Å². The Morgan fingerprint density at radius 3 is 2.66 bits per heavy atom. The molecule has 8 heteroatoms. The molecule has 1 saturated carbocycles. The summed E-state index contributed by atoms with van der Waals surface area (Å²) in [5, 5.41) is 0.252. The van der Waals surface area contributed by atoms with Crippen LogP contribution in [0, 0.1) is 12.8 Å². The normalized spacial score (nSPS) is 15.1. The molecule has 2 heterocycles. The van der Waals surface area contributed by atoms with Crippen molar-refractivity contribution in [3.05, 3.63) is 51.5 Å². The Morgan fingerprint density at radius 2 is 2.03 bits per heavy atom. The van der Waals surface area contributed by atoms with Crippen molar-refractivity contribution in [2.75, 3.05) is 0 Å². The molecular weight excluding hydrogens is 400 g/mol. The van der Waals surface area contributed by atoms with Crippen LogP contribution in [0.5, 0.6) is 5.75 Å². The second-order valence-corrected chi connectivity index (χ2v) is 7.64. The van der Waals surface area contributed by atoms with Crippen LogP contribution in [-0.2, 0) is 0 Å². The highest BCUT2D eigenvalue weighted by Gasteiger charge is 2.33. The van der Waals surface area contributed by atoms with Gasteiger partial charge in [0.25, 0.3) is 5.56 Å². The van der Waals surface area contributed by atoms with Crippen molar-refractivity contribution in [3.63, 3.8) is 0 Å². The number of hydrogen-bond donors (Lipinski definition) is 0. The Balaban J connectivity index is 1.91. The predicted molar refractivity (Wildman–Crippen MR) is 108 cm³/mol. The summed E-state index contributed by atoms with van der Waals surface area (Å²) in [6, 6.07) is 6.22. The van der Waals surface area contributed by atoms with Crippen LogP contribution in [-0.4, -0.2) is 21.1 Å². The Bertz CT molecular complexity index is 1130. The van der Waals surface area contributed by atoms with E-state index in [1.807, 2.05) is 0 Å². The minimum atomic E-state index is -2.93. The first-order chi connectivity index (χ1) is 13.9. The van der Waals surface area contributed by atoms with Crippen molar-refractivity contribution >= 4 is 22.8 Å². The molecule has 0 radical (unpaired) electrons. The Kier molecular flexibility index (Phi) is 5.25. The molecule has 0 bridgehead atoms. The molecule has 5 nitrogen and oxygen atoms in total. The lowest BCUT2D eigenvalue weighted by Gasteiger charge is -2.21. The molecule has 4 rings (SSSR count). The van der Waals surface area contributed by atoms with E-state index in [0.29, 0.717) is 33.9 Å². The van der Waals surface area contributed by atoms with Crippen molar-refractivity contribution in [1.29, 1.82) is 0 Å². The minimum Gasteiger partial charge on any atom is -0.435 e. The van der Waals surface area contributed by atoms with Gasteiger partial charge < -0.3 is 4.74 Å². The number of pyridine rings is 1. The molecule has 0 spiro atoms. The van der Waals surface area contributed by atoms with Crippen molar-refractivity contribution in [1.82, 2.24) is 14.5 Å². The number of ether oxygens (including phenoxy) is 1. The van der Waals surface area contributed by atoms with E-state index in [4.69, 9.17) is 11.6 Å². The first-order valence-electron chi connectivity index (χ1n) is 9.53. The molecule has 3 aromatic rings. The van der Waals surface area contributed by atoms with E-state index in [0.717, 1.165) is 19.3 Å². The summed E-state index contributed by atoms with van der Waals surface area (Å²) in [6.45, 7) is 0.834. The molecule has 0 saturated heterocycles. The zero-order valence-electron chi connectivity index (χ0n) is 16.0. The van der Waals surface area contributed by atoms with Gasteiger partial charge in [0, 0.05) is 23.4 Å². The van der Waals surface area contributed by atoms with Gasteiger partial charge in [0.2, 0.25) is 0 Å². The Labute approximate surface area is 171 Å². The number of alkyl halides is 2. The van der Waals surface area contributed by atoms with Crippen LogP contribution in [0.4, 0.5) is 8.78 Å². The summed E-state index contributed by atoms with van der Waals surface area (Å²) < 4.78 is 31.1. The number of nitrogens with zero attached hydrogens (tertiary/aromatic N) is 3. The second kappa shape index (κ2) is 7.71. The molecule has 0 aliphatic heterocycles. The topological polar surface area (TPSA) is 57.0 Å². The van der Waals surface area contributed by atoms with E-state index < -0.39 is 6.61 Å². The molecule has 2 aromatic heterocycles. The zero-order chi connectivity index (χ0) is 20.7. The van der Waals surface area contributed by atoms with Gasteiger partial charge in [-0.1, -0.05) is 18.5 Å². The molecule has 1 aliphatic rings. The Morgan fingerprint density at radius 1 is 1.28 bits per heavy atom. The fraction of sp³-hybridized carbons (Fsp3) is 0.381. The lowest BCUT2D eigenvalue weighted by molar-refractivity contribution is -0.0498. The molecule has 1 aliphatic carbocycles. The average molecular weight is 420 g/mol. The van der Waals surface area contributed by atoms with Gasteiger partial charge >= 0.3 is 6.61 Å². The van der Waals surface area contributed by atoms with Gasteiger partial charge in [0.05, 0.1) is 5.02 Å². The van der Waals surface area contributed by atoms with Crippen LogP contribution >= 0.6 is 11.6 Å². The molecule has 0 unspecified atom stereocenters. The van der Waals surface area contributed by atoms with E-state index in [2.05, 4.69) is 21.6 Å². The molecule has 1 aromatic carbocycles. The van der Waals surface area contributed by atoms with Crippen molar-refractivity contribution in [2.45, 2.75) is 45.8 Å². The Hall–Kier alpha value is -2.54. The zero-order valence-corrected chi connectivity index (χ0v) is 16.8. The van der Waals surface area contributed by atoms with Gasteiger partial charge in [-0.2, -0.15) is 8.78 Å². The summed E-state index contributed by atoms with van der Waals surface area (Å²) >= 11 is 6.37. The van der Waals surface area contributed by atoms with E-state index >= 15 is 0 Å². The van der Waals surface area contributed by atoms with Gasteiger partial charge in [0.15, 0.2) is 5.65 Å². The molecule has 1 atom stereocenters. The van der Waals surface area contributed by atoms with Crippen LogP contribution in [0.15, 0.2) is 35.3 Å². The smallest absolute Gasteiger partial charge is 0.387 e. The van der Waals surface area contributed by atoms with E-state index in [-0.39, 0.29) is 22.4 Å². The lowest BCUT2D eigenvalue weighted by Crippen LogP contribution is -2.29. The third-order valence-electron chi connectivity index (χ3n) is 5.31. The third kappa shape index (κ3) is 3.71. The predicted octanol–water partition coefficient (Wildman–Crippen LogP) is 5.38. The number of benzene rings is 1. The number of rotatable bonds is 6. The molecule has 1 fully saturated rings. The lowest BCUT2D eigenvalue weighted by atomic mass is 10.0. The van der Waals surface area contributed by atoms with Crippen LogP contribution in [0.2, 0.25) is 5.02 Å². The largest absolute Gasteiger partial charge is 0.435 e. The maximum atomic E-state index is 12.9. The van der Waals surface area contributed by atoms with Gasteiger partial charge in [-0.25, -0.2) is 9.97 Å².